The average Bonchev–Trinajstić information content (AvgIpc) is 2.96. The van der Waals surface area contributed by atoms with E-state index in [0.29, 0.717) is 42.4 Å². The largest absolute Gasteiger partial charge is 0.439 e. The first-order valence-corrected chi connectivity index (χ1v) is 15.5. The van der Waals surface area contributed by atoms with Crippen LogP contribution in [0.15, 0.2) is 90.1 Å². The molecule has 1 saturated heterocycles. The highest BCUT2D eigenvalue weighted by atomic mass is 35.5. The number of ether oxygens (including phenoxy) is 1. The lowest BCUT2D eigenvalue weighted by atomic mass is 10.0. The van der Waals surface area contributed by atoms with Gasteiger partial charge in [0, 0.05) is 55.6 Å². The van der Waals surface area contributed by atoms with Gasteiger partial charge < -0.3 is 10.1 Å². The third-order valence-electron chi connectivity index (χ3n) is 7.07. The van der Waals surface area contributed by atoms with Crippen LogP contribution in [0.5, 0.6) is 11.6 Å². The van der Waals surface area contributed by atoms with E-state index < -0.39 is 15.7 Å². The maximum Gasteiger partial charge on any atom is 0.326 e. The van der Waals surface area contributed by atoms with Crippen molar-refractivity contribution in [2.75, 3.05) is 29.6 Å². The number of nitrogens with one attached hydrogen (secondary N) is 1. The molecule has 2 amide bonds. The predicted molar refractivity (Wildman–Crippen MR) is 174 cm³/mol. The van der Waals surface area contributed by atoms with Gasteiger partial charge in [0.05, 0.1) is 16.8 Å². The van der Waals surface area contributed by atoms with Gasteiger partial charge in [0.2, 0.25) is 5.88 Å². The third-order valence-corrected chi connectivity index (χ3v) is 8.20. The standard InChI is InChI=1S/C31H32FN5O4S.2ClH/c1-22-6-8-25(20-33-22)35-31(38)37(27-5-3-4-24(32)18-27)26-14-16-36(17-15-26)21-23-7-13-30(34-19-23)41-28-9-11-29(12-10-28)42(2,39)40;;/h3-13,18-20,26H,14-17,21H2,1-2H3,(H,35,38);2*1H. The zero-order chi connectivity index (χ0) is 29.7. The zero-order valence-electron chi connectivity index (χ0n) is 24.2. The molecule has 0 bridgehead atoms. The maximum absolute atomic E-state index is 14.1. The number of sulfone groups is 1. The highest BCUT2D eigenvalue weighted by Gasteiger charge is 2.30. The van der Waals surface area contributed by atoms with Crippen LogP contribution < -0.4 is 15.0 Å². The van der Waals surface area contributed by atoms with Crippen molar-refractivity contribution in [1.82, 2.24) is 14.9 Å². The number of aromatic nitrogens is 2. The van der Waals surface area contributed by atoms with E-state index >= 15 is 0 Å². The van der Waals surface area contributed by atoms with Crippen molar-refractivity contribution in [3.05, 3.63) is 102 Å². The maximum atomic E-state index is 14.1. The Morgan fingerprint density at radius 2 is 1.73 bits per heavy atom. The Morgan fingerprint density at radius 3 is 2.32 bits per heavy atom. The van der Waals surface area contributed by atoms with Crippen LogP contribution in [0, 0.1) is 12.7 Å². The van der Waals surface area contributed by atoms with E-state index in [1.807, 2.05) is 19.1 Å². The summed E-state index contributed by atoms with van der Waals surface area (Å²) in [6, 6.07) is 19.2. The van der Waals surface area contributed by atoms with Gasteiger partial charge in [-0.15, -0.1) is 24.8 Å². The molecule has 9 nitrogen and oxygen atoms in total. The Balaban J connectivity index is 0.00000264. The lowest BCUT2D eigenvalue weighted by Crippen LogP contribution is -2.49. The molecule has 1 aliphatic heterocycles. The topological polar surface area (TPSA) is 105 Å². The molecule has 2 aromatic heterocycles. The smallest absolute Gasteiger partial charge is 0.326 e. The zero-order valence-corrected chi connectivity index (χ0v) is 26.7. The van der Waals surface area contributed by atoms with E-state index in [0.717, 1.165) is 30.6 Å². The fourth-order valence-electron chi connectivity index (χ4n) is 4.88. The van der Waals surface area contributed by atoms with Crippen molar-refractivity contribution < 1.29 is 22.3 Å². The summed E-state index contributed by atoms with van der Waals surface area (Å²) in [5, 5.41) is 2.91. The van der Waals surface area contributed by atoms with Gasteiger partial charge in [-0.25, -0.2) is 22.6 Å². The van der Waals surface area contributed by atoms with Gasteiger partial charge in [-0.1, -0.05) is 12.1 Å². The summed E-state index contributed by atoms with van der Waals surface area (Å²) >= 11 is 0. The van der Waals surface area contributed by atoms with Gasteiger partial charge in [0.1, 0.15) is 11.6 Å². The first-order chi connectivity index (χ1) is 20.1. The second-order valence-electron chi connectivity index (χ2n) is 10.3. The molecule has 3 heterocycles. The molecule has 234 valence electrons. The number of piperidine rings is 1. The van der Waals surface area contributed by atoms with Crippen molar-refractivity contribution in [2.45, 2.75) is 37.2 Å². The Kier molecular flexibility index (Phi) is 12.1. The molecular weight excluding hydrogens is 628 g/mol. The van der Waals surface area contributed by atoms with Crippen LogP contribution >= 0.6 is 24.8 Å². The van der Waals surface area contributed by atoms with Gasteiger partial charge in [-0.2, -0.15) is 0 Å². The number of hydrogen-bond donors (Lipinski definition) is 1. The SMILES string of the molecule is Cc1ccc(NC(=O)N(c2cccc(F)c2)C2CCN(Cc3ccc(Oc4ccc(S(C)(=O)=O)cc4)nc3)CC2)cn1.Cl.Cl. The first-order valence-electron chi connectivity index (χ1n) is 13.6. The number of likely N-dealkylation sites (tertiary alicyclic amines) is 1. The second kappa shape index (κ2) is 15.3. The second-order valence-corrected chi connectivity index (χ2v) is 12.3. The number of benzene rings is 2. The van der Waals surface area contributed by atoms with E-state index in [1.54, 1.807) is 53.7 Å². The number of rotatable bonds is 8. The van der Waals surface area contributed by atoms with Crippen molar-refractivity contribution in [3.8, 4) is 11.6 Å². The summed E-state index contributed by atoms with van der Waals surface area (Å²) in [6.45, 7) is 4.06. The molecule has 1 aliphatic rings. The number of urea groups is 1. The molecule has 0 spiro atoms. The number of amides is 2. The molecule has 0 radical (unpaired) electrons. The highest BCUT2D eigenvalue weighted by molar-refractivity contribution is 7.90. The average molecular weight is 663 g/mol. The number of aryl methyl sites for hydroxylation is 1. The van der Waals surface area contributed by atoms with E-state index in [2.05, 4.69) is 20.2 Å². The predicted octanol–water partition coefficient (Wildman–Crippen LogP) is 6.67. The van der Waals surface area contributed by atoms with Gasteiger partial charge in [-0.05, 0) is 79.9 Å². The van der Waals surface area contributed by atoms with E-state index in [1.165, 1.54) is 24.3 Å². The lowest BCUT2D eigenvalue weighted by Gasteiger charge is -2.38. The summed E-state index contributed by atoms with van der Waals surface area (Å²) in [7, 11) is -3.27. The number of anilines is 2. The quantitative estimate of drug-likeness (QED) is 0.225. The fourth-order valence-corrected chi connectivity index (χ4v) is 5.51. The van der Waals surface area contributed by atoms with Crippen LogP contribution in [0.1, 0.15) is 24.1 Å². The Bertz CT molecular complexity index is 1640. The summed E-state index contributed by atoms with van der Waals surface area (Å²) < 4.78 is 43.2. The number of hydrogen-bond acceptors (Lipinski definition) is 7. The minimum atomic E-state index is -3.27. The van der Waals surface area contributed by atoms with Crippen LogP contribution in [0.3, 0.4) is 0 Å². The van der Waals surface area contributed by atoms with Gasteiger partial charge in [-0.3, -0.25) is 14.8 Å². The molecule has 0 unspecified atom stereocenters. The number of carbonyl (C=O) groups is 1. The molecule has 2 aromatic carbocycles. The molecule has 5 rings (SSSR count). The van der Waals surface area contributed by atoms with Crippen LogP contribution in [0.4, 0.5) is 20.6 Å². The minimum Gasteiger partial charge on any atom is -0.439 e. The van der Waals surface area contributed by atoms with Crippen LogP contribution in [-0.4, -0.2) is 54.7 Å². The van der Waals surface area contributed by atoms with Crippen LogP contribution in [0.25, 0.3) is 0 Å². The Morgan fingerprint density at radius 1 is 1.00 bits per heavy atom. The van der Waals surface area contributed by atoms with Crippen molar-refractivity contribution >= 4 is 52.1 Å². The Hall–Kier alpha value is -3.77. The molecule has 0 atom stereocenters. The highest BCUT2D eigenvalue weighted by Crippen LogP contribution is 2.27. The summed E-state index contributed by atoms with van der Waals surface area (Å²) in [6.07, 6.45) is 5.96. The van der Waals surface area contributed by atoms with E-state index in [9.17, 15) is 17.6 Å². The fraction of sp³-hybridized carbons (Fsp3) is 0.258. The Labute approximate surface area is 269 Å². The van der Waals surface area contributed by atoms with E-state index in [4.69, 9.17) is 4.74 Å². The van der Waals surface area contributed by atoms with Crippen LogP contribution in [0.2, 0.25) is 0 Å². The van der Waals surface area contributed by atoms with Gasteiger partial charge in [0.25, 0.3) is 0 Å². The molecule has 4 aromatic rings. The number of pyridine rings is 2. The van der Waals surface area contributed by atoms with Crippen molar-refractivity contribution in [1.29, 1.82) is 0 Å². The monoisotopic (exact) mass is 661 g/mol. The number of carbonyl (C=O) groups excluding carboxylic acids is 1. The normalized spacial score (nSPS) is 13.7. The van der Waals surface area contributed by atoms with Crippen LogP contribution in [-0.2, 0) is 16.4 Å². The summed E-state index contributed by atoms with van der Waals surface area (Å²) in [5.41, 5.74) is 2.95. The van der Waals surface area contributed by atoms with Crippen molar-refractivity contribution in [2.24, 2.45) is 0 Å². The minimum absolute atomic E-state index is 0. The van der Waals surface area contributed by atoms with Gasteiger partial charge >= 0.3 is 6.03 Å². The molecule has 0 saturated carbocycles. The molecule has 13 heteroatoms. The summed E-state index contributed by atoms with van der Waals surface area (Å²) in [5.74, 6) is 0.505. The number of nitrogens with zero attached hydrogens (tertiary/aromatic N) is 4. The summed E-state index contributed by atoms with van der Waals surface area (Å²) in [4.78, 5) is 26.2. The third kappa shape index (κ3) is 9.12. The molecule has 0 aliphatic carbocycles. The first kappa shape index (κ1) is 34.7. The van der Waals surface area contributed by atoms with Gasteiger partial charge in [0.15, 0.2) is 9.84 Å². The molecule has 1 N–H and O–H groups in total. The van der Waals surface area contributed by atoms with E-state index in [-0.39, 0.29) is 41.8 Å². The molecule has 44 heavy (non-hydrogen) atoms. The molecule has 1 fully saturated rings. The number of halogens is 3. The van der Waals surface area contributed by atoms with Crippen molar-refractivity contribution in [3.63, 3.8) is 0 Å². The lowest BCUT2D eigenvalue weighted by molar-refractivity contribution is 0.199. The molecular formula is C31H34Cl2FN5O4S.